The van der Waals surface area contributed by atoms with E-state index >= 15 is 0 Å². The van der Waals surface area contributed by atoms with E-state index in [0.717, 1.165) is 16.1 Å². The van der Waals surface area contributed by atoms with Crippen molar-refractivity contribution in [2.75, 3.05) is 20.5 Å². The molecule has 6 nitrogen and oxygen atoms in total. The number of hydrogen-bond acceptors (Lipinski definition) is 7. The van der Waals surface area contributed by atoms with Gasteiger partial charge in [0.15, 0.2) is 11.5 Å². The average molecular weight is 432 g/mol. The van der Waals surface area contributed by atoms with Gasteiger partial charge in [0, 0.05) is 28.2 Å². The zero-order chi connectivity index (χ0) is 20.8. The predicted molar refractivity (Wildman–Crippen MR) is 114 cm³/mol. The summed E-state index contributed by atoms with van der Waals surface area (Å²) in [6.45, 7) is 0.0611. The fraction of sp³-hybridized carbons (Fsp3) is 0.238. The highest BCUT2D eigenvalue weighted by molar-refractivity contribution is 7.83. The smallest absolute Gasteiger partial charge is 0.338 e. The van der Waals surface area contributed by atoms with Gasteiger partial charge in [-0.05, 0) is 29.8 Å². The van der Waals surface area contributed by atoms with Crippen LogP contribution in [0.1, 0.15) is 21.6 Å². The van der Waals surface area contributed by atoms with Crippen LogP contribution in [0.15, 0.2) is 47.8 Å². The van der Waals surface area contributed by atoms with Gasteiger partial charge in [-0.3, -0.25) is 4.21 Å². The molecule has 0 aliphatic carbocycles. The van der Waals surface area contributed by atoms with Gasteiger partial charge in [-0.25, -0.2) is 9.78 Å². The summed E-state index contributed by atoms with van der Waals surface area (Å²) in [5, 5.41) is 2.59. The molecule has 1 heterocycles. The Morgan fingerprint density at radius 2 is 1.93 bits per heavy atom. The van der Waals surface area contributed by atoms with Crippen molar-refractivity contribution in [2.45, 2.75) is 12.4 Å². The maximum absolute atomic E-state index is 12.4. The number of methoxy groups -OCH3 is 2. The summed E-state index contributed by atoms with van der Waals surface area (Å²) >= 11 is 1.44. The van der Waals surface area contributed by atoms with Crippen LogP contribution in [0.2, 0.25) is 0 Å². The van der Waals surface area contributed by atoms with E-state index in [-0.39, 0.29) is 6.61 Å². The zero-order valence-corrected chi connectivity index (χ0v) is 18.0. The average Bonchev–Trinajstić information content (AvgIpc) is 3.19. The number of rotatable bonds is 8. The van der Waals surface area contributed by atoms with E-state index in [0.29, 0.717) is 28.5 Å². The molecular formula is C21H21NO5S2. The standard InChI is InChI=1S/C21H21NO5S2/c1-25-18-9-5-8-17(19(18)26-2)20-22-16(12-28-20)11-27-21(23)15-7-4-6-14(10-15)13-29(3)24/h4-10,12H,11,13H2,1-3H3. The summed E-state index contributed by atoms with van der Waals surface area (Å²) in [6, 6.07) is 12.6. The Bertz CT molecular complexity index is 1030. The van der Waals surface area contributed by atoms with E-state index in [1.807, 2.05) is 29.6 Å². The fourth-order valence-electron chi connectivity index (χ4n) is 2.80. The van der Waals surface area contributed by atoms with Gasteiger partial charge in [-0.15, -0.1) is 11.3 Å². The van der Waals surface area contributed by atoms with Gasteiger partial charge in [0.25, 0.3) is 0 Å². The monoisotopic (exact) mass is 431 g/mol. The van der Waals surface area contributed by atoms with Crippen molar-refractivity contribution in [1.29, 1.82) is 0 Å². The molecular weight excluding hydrogens is 410 g/mol. The molecule has 0 aliphatic rings. The number of carbonyl (C=O) groups excluding carboxylic acids is 1. The SMILES string of the molecule is COc1cccc(-c2nc(COC(=O)c3cccc(CS(C)=O)c3)cs2)c1OC. The Morgan fingerprint density at radius 3 is 2.66 bits per heavy atom. The highest BCUT2D eigenvalue weighted by atomic mass is 32.2. The third kappa shape index (κ3) is 5.21. The fourth-order valence-corrected chi connectivity index (χ4v) is 4.27. The van der Waals surface area contributed by atoms with Crippen molar-refractivity contribution >= 4 is 28.1 Å². The van der Waals surface area contributed by atoms with E-state index in [9.17, 15) is 9.00 Å². The second-order valence-corrected chi connectivity index (χ2v) is 8.47. The number of nitrogens with zero attached hydrogens (tertiary/aromatic N) is 1. The third-order valence-electron chi connectivity index (χ3n) is 4.07. The molecule has 0 aliphatic heterocycles. The van der Waals surface area contributed by atoms with Crippen LogP contribution in [-0.2, 0) is 27.9 Å². The Balaban J connectivity index is 1.70. The summed E-state index contributed by atoms with van der Waals surface area (Å²) in [6.07, 6.45) is 1.63. The minimum Gasteiger partial charge on any atom is -0.493 e. The Labute approximate surface area is 175 Å². The minimum atomic E-state index is -0.972. The lowest BCUT2D eigenvalue weighted by Crippen LogP contribution is -2.06. The molecule has 0 N–H and O–H groups in total. The molecule has 1 atom stereocenters. The van der Waals surface area contributed by atoms with Crippen molar-refractivity contribution in [3.05, 3.63) is 64.7 Å². The lowest BCUT2D eigenvalue weighted by molar-refractivity contribution is 0.0468. The number of aromatic nitrogens is 1. The van der Waals surface area contributed by atoms with Gasteiger partial charge in [0.05, 0.1) is 31.0 Å². The van der Waals surface area contributed by atoms with Crippen molar-refractivity contribution in [1.82, 2.24) is 4.98 Å². The molecule has 2 aromatic carbocycles. The zero-order valence-electron chi connectivity index (χ0n) is 16.3. The molecule has 0 spiro atoms. The summed E-state index contributed by atoms with van der Waals surface area (Å²) in [4.78, 5) is 16.9. The van der Waals surface area contributed by atoms with Crippen LogP contribution in [0, 0.1) is 0 Å². The van der Waals surface area contributed by atoms with Gasteiger partial charge in [0.1, 0.15) is 11.6 Å². The van der Waals surface area contributed by atoms with Crippen LogP contribution in [0.5, 0.6) is 11.5 Å². The molecule has 0 fully saturated rings. The number of esters is 1. The molecule has 3 aromatic rings. The summed E-state index contributed by atoms with van der Waals surface area (Å²) in [5.74, 6) is 1.19. The second kappa shape index (κ2) is 9.67. The van der Waals surface area contributed by atoms with Gasteiger partial charge in [0.2, 0.25) is 0 Å². The van der Waals surface area contributed by atoms with Crippen LogP contribution >= 0.6 is 11.3 Å². The molecule has 29 heavy (non-hydrogen) atoms. The summed E-state index contributed by atoms with van der Waals surface area (Å²) in [5.41, 5.74) is 2.72. The molecule has 0 saturated heterocycles. The van der Waals surface area contributed by atoms with Crippen LogP contribution in [0.3, 0.4) is 0 Å². The number of para-hydroxylation sites is 1. The number of thiazole rings is 1. The molecule has 1 aromatic heterocycles. The van der Waals surface area contributed by atoms with E-state index in [1.54, 1.807) is 38.7 Å². The summed E-state index contributed by atoms with van der Waals surface area (Å²) < 4.78 is 27.6. The first kappa shape index (κ1) is 21.0. The van der Waals surface area contributed by atoms with Crippen molar-refractivity contribution in [3.8, 4) is 22.1 Å². The van der Waals surface area contributed by atoms with Crippen LogP contribution in [0.4, 0.5) is 0 Å². The number of carbonyl (C=O) groups is 1. The molecule has 3 rings (SSSR count). The highest BCUT2D eigenvalue weighted by Gasteiger charge is 2.15. The van der Waals surface area contributed by atoms with Crippen molar-refractivity contribution < 1.29 is 23.2 Å². The number of hydrogen-bond donors (Lipinski definition) is 0. The normalized spacial score (nSPS) is 11.7. The van der Waals surface area contributed by atoms with Crippen LogP contribution in [-0.4, -0.2) is 35.6 Å². The lowest BCUT2D eigenvalue weighted by atomic mass is 10.1. The molecule has 0 amide bonds. The first-order chi connectivity index (χ1) is 14.0. The van der Waals surface area contributed by atoms with Crippen molar-refractivity contribution in [3.63, 3.8) is 0 Å². The molecule has 0 saturated carbocycles. The number of benzene rings is 2. The van der Waals surface area contributed by atoms with E-state index < -0.39 is 16.8 Å². The van der Waals surface area contributed by atoms with Crippen LogP contribution < -0.4 is 9.47 Å². The van der Waals surface area contributed by atoms with Gasteiger partial charge < -0.3 is 14.2 Å². The molecule has 1 unspecified atom stereocenters. The molecule has 8 heteroatoms. The quantitative estimate of drug-likeness (QED) is 0.501. The van der Waals surface area contributed by atoms with E-state index in [1.165, 1.54) is 11.3 Å². The van der Waals surface area contributed by atoms with E-state index in [2.05, 4.69) is 4.98 Å². The maximum atomic E-state index is 12.4. The molecule has 152 valence electrons. The molecule has 0 bridgehead atoms. The summed E-state index contributed by atoms with van der Waals surface area (Å²) in [7, 11) is 2.20. The van der Waals surface area contributed by atoms with Gasteiger partial charge in [-0.1, -0.05) is 18.2 Å². The second-order valence-electron chi connectivity index (χ2n) is 6.18. The Morgan fingerprint density at radius 1 is 1.14 bits per heavy atom. The largest absolute Gasteiger partial charge is 0.493 e. The van der Waals surface area contributed by atoms with E-state index in [4.69, 9.17) is 14.2 Å². The Hall–Kier alpha value is -2.71. The van der Waals surface area contributed by atoms with Crippen LogP contribution in [0.25, 0.3) is 10.6 Å². The highest BCUT2D eigenvalue weighted by Crippen LogP contribution is 2.39. The third-order valence-corrected chi connectivity index (χ3v) is 5.73. The first-order valence-electron chi connectivity index (χ1n) is 8.73. The minimum absolute atomic E-state index is 0.0611. The first-order valence-corrected chi connectivity index (χ1v) is 11.3. The van der Waals surface area contributed by atoms with Gasteiger partial charge in [-0.2, -0.15) is 0 Å². The molecule has 0 radical (unpaired) electrons. The maximum Gasteiger partial charge on any atom is 0.338 e. The lowest BCUT2D eigenvalue weighted by Gasteiger charge is -2.10. The van der Waals surface area contributed by atoms with Crippen molar-refractivity contribution in [2.24, 2.45) is 0 Å². The van der Waals surface area contributed by atoms with Gasteiger partial charge >= 0.3 is 5.97 Å². The number of ether oxygens (including phenoxy) is 3. The Kier molecular flexibility index (Phi) is 7.00. The predicted octanol–water partition coefficient (Wildman–Crippen LogP) is 4.06. The topological polar surface area (TPSA) is 74.7 Å².